The van der Waals surface area contributed by atoms with Crippen molar-refractivity contribution in [2.45, 2.75) is 18.7 Å². The van der Waals surface area contributed by atoms with Gasteiger partial charge in [0.05, 0.1) is 4.90 Å². The van der Waals surface area contributed by atoms with E-state index in [2.05, 4.69) is 21.2 Å². The van der Waals surface area contributed by atoms with Crippen molar-refractivity contribution < 1.29 is 13.2 Å². The third kappa shape index (κ3) is 4.59. The number of nitrogens with one attached hydrogen (secondary N) is 1. The second-order valence-corrected chi connectivity index (χ2v) is 7.70. The second kappa shape index (κ2) is 6.04. The van der Waals surface area contributed by atoms with Crippen LogP contribution in [-0.4, -0.2) is 20.9 Å². The largest absolute Gasteiger partial charge is 0.352 e. The first-order chi connectivity index (χ1) is 8.20. The summed E-state index contributed by atoms with van der Waals surface area (Å²) in [6, 6.07) is 4.14. The Bertz CT molecular complexity index is 557. The van der Waals surface area contributed by atoms with Gasteiger partial charge in [-0.1, -0.05) is 29.8 Å². The van der Waals surface area contributed by atoms with Crippen LogP contribution in [0.15, 0.2) is 27.6 Å². The summed E-state index contributed by atoms with van der Waals surface area (Å²) in [6.07, 6.45) is 0. The van der Waals surface area contributed by atoms with Crippen molar-refractivity contribution in [1.82, 2.24) is 5.32 Å². The van der Waals surface area contributed by atoms with Gasteiger partial charge in [-0.25, -0.2) is 8.42 Å². The van der Waals surface area contributed by atoms with Crippen molar-refractivity contribution in [3.05, 3.63) is 28.2 Å². The molecule has 0 bridgehead atoms. The highest BCUT2D eigenvalue weighted by Gasteiger charge is 2.15. The van der Waals surface area contributed by atoms with Gasteiger partial charge in [0.25, 0.3) is 15.0 Å². The van der Waals surface area contributed by atoms with Crippen LogP contribution >= 0.6 is 26.6 Å². The van der Waals surface area contributed by atoms with Crippen LogP contribution < -0.4 is 5.32 Å². The van der Waals surface area contributed by atoms with Crippen LogP contribution in [-0.2, 0) is 9.05 Å². The fourth-order valence-corrected chi connectivity index (χ4v) is 2.68. The standard InChI is InChI=1S/C11H13BrClNO3S/c1-7(2)6-14-11(15)8-3-9(12)5-10(4-8)18(13,16)17/h3-5,7H,6H2,1-2H3,(H,14,15). The highest BCUT2D eigenvalue weighted by molar-refractivity contribution is 9.10. The van der Waals surface area contributed by atoms with Crippen LogP contribution in [0, 0.1) is 5.92 Å². The van der Waals surface area contributed by atoms with E-state index in [1.165, 1.54) is 12.1 Å². The third-order valence-electron chi connectivity index (χ3n) is 2.09. The highest BCUT2D eigenvalue weighted by Crippen LogP contribution is 2.22. The van der Waals surface area contributed by atoms with Gasteiger partial charge in [-0.2, -0.15) is 0 Å². The van der Waals surface area contributed by atoms with Gasteiger partial charge in [0, 0.05) is 27.3 Å². The average Bonchev–Trinajstić information content (AvgIpc) is 2.23. The van der Waals surface area contributed by atoms with Gasteiger partial charge in [0.15, 0.2) is 0 Å². The van der Waals surface area contributed by atoms with Crippen LogP contribution in [0.25, 0.3) is 0 Å². The molecule has 1 aromatic rings. The molecule has 1 N–H and O–H groups in total. The fraction of sp³-hybridized carbons (Fsp3) is 0.364. The van der Waals surface area contributed by atoms with E-state index >= 15 is 0 Å². The Kier molecular flexibility index (Phi) is 5.19. The van der Waals surface area contributed by atoms with E-state index in [4.69, 9.17) is 10.7 Å². The van der Waals surface area contributed by atoms with E-state index in [9.17, 15) is 13.2 Å². The number of halogens is 2. The Labute approximate surface area is 119 Å². The summed E-state index contributed by atoms with van der Waals surface area (Å²) >= 11 is 3.15. The lowest BCUT2D eigenvalue weighted by Crippen LogP contribution is -2.27. The fourth-order valence-electron chi connectivity index (χ4n) is 1.23. The Morgan fingerprint density at radius 2 is 2.00 bits per heavy atom. The van der Waals surface area contributed by atoms with Crippen LogP contribution in [0.4, 0.5) is 0 Å². The maximum Gasteiger partial charge on any atom is 0.261 e. The number of amides is 1. The van der Waals surface area contributed by atoms with E-state index in [0.717, 1.165) is 0 Å². The zero-order valence-electron chi connectivity index (χ0n) is 9.91. The summed E-state index contributed by atoms with van der Waals surface area (Å²) in [6.45, 7) is 4.46. The zero-order valence-corrected chi connectivity index (χ0v) is 13.1. The molecular weight excluding hydrogens is 342 g/mol. The summed E-state index contributed by atoms with van der Waals surface area (Å²) < 4.78 is 23.0. The maximum atomic E-state index is 11.8. The molecule has 0 aliphatic carbocycles. The van der Waals surface area contributed by atoms with Crippen LogP contribution in [0.2, 0.25) is 0 Å². The molecular formula is C11H13BrClNO3S. The molecule has 0 saturated heterocycles. The van der Waals surface area contributed by atoms with Crippen molar-refractivity contribution in [3.63, 3.8) is 0 Å². The maximum absolute atomic E-state index is 11.8. The van der Waals surface area contributed by atoms with E-state index in [1.807, 2.05) is 13.8 Å². The number of benzene rings is 1. The lowest BCUT2D eigenvalue weighted by Gasteiger charge is -2.08. The Morgan fingerprint density at radius 1 is 1.39 bits per heavy atom. The molecule has 0 saturated carbocycles. The first-order valence-corrected chi connectivity index (χ1v) is 8.34. The molecule has 0 radical (unpaired) electrons. The topological polar surface area (TPSA) is 63.2 Å². The van der Waals surface area contributed by atoms with Crippen molar-refractivity contribution in [2.24, 2.45) is 5.92 Å². The predicted octanol–water partition coefficient (Wildman–Crippen LogP) is 2.76. The van der Waals surface area contributed by atoms with Crippen LogP contribution in [0.5, 0.6) is 0 Å². The van der Waals surface area contributed by atoms with E-state index in [0.29, 0.717) is 16.9 Å². The Hall–Kier alpha value is -0.590. The summed E-state index contributed by atoms with van der Waals surface area (Å²) in [5.74, 6) is -0.0103. The summed E-state index contributed by atoms with van der Waals surface area (Å²) in [5.41, 5.74) is 0.254. The normalized spacial score (nSPS) is 11.6. The average molecular weight is 355 g/mol. The lowest BCUT2D eigenvalue weighted by molar-refractivity contribution is 0.0948. The number of hydrogen-bond donors (Lipinski definition) is 1. The van der Waals surface area contributed by atoms with Gasteiger partial charge < -0.3 is 5.32 Å². The first-order valence-electron chi connectivity index (χ1n) is 5.23. The molecule has 1 rings (SSSR count). The summed E-state index contributed by atoms with van der Waals surface area (Å²) in [5, 5.41) is 2.71. The molecule has 18 heavy (non-hydrogen) atoms. The van der Waals surface area contributed by atoms with Crippen LogP contribution in [0.3, 0.4) is 0 Å². The van der Waals surface area contributed by atoms with Crippen molar-refractivity contribution in [2.75, 3.05) is 6.54 Å². The SMILES string of the molecule is CC(C)CNC(=O)c1cc(Br)cc(S(=O)(=O)Cl)c1. The molecule has 7 heteroatoms. The molecule has 0 aromatic heterocycles. The molecule has 0 heterocycles. The molecule has 4 nitrogen and oxygen atoms in total. The van der Waals surface area contributed by atoms with Crippen molar-refractivity contribution >= 4 is 41.6 Å². The molecule has 0 unspecified atom stereocenters. The van der Waals surface area contributed by atoms with Gasteiger partial charge in [-0.05, 0) is 24.1 Å². The van der Waals surface area contributed by atoms with Gasteiger partial charge >= 0.3 is 0 Å². The van der Waals surface area contributed by atoms with E-state index in [-0.39, 0.29) is 16.4 Å². The predicted molar refractivity (Wildman–Crippen MR) is 74.4 cm³/mol. The minimum absolute atomic E-state index is 0.103. The molecule has 0 spiro atoms. The molecule has 0 fully saturated rings. The van der Waals surface area contributed by atoms with Gasteiger partial charge in [-0.15, -0.1) is 0 Å². The van der Waals surface area contributed by atoms with E-state index in [1.54, 1.807) is 6.07 Å². The molecule has 1 aromatic carbocycles. The first kappa shape index (κ1) is 15.5. The molecule has 0 aliphatic rings. The smallest absolute Gasteiger partial charge is 0.261 e. The number of carbonyl (C=O) groups excluding carboxylic acids is 1. The lowest BCUT2D eigenvalue weighted by atomic mass is 10.2. The van der Waals surface area contributed by atoms with E-state index < -0.39 is 9.05 Å². The monoisotopic (exact) mass is 353 g/mol. The molecule has 1 amide bonds. The van der Waals surface area contributed by atoms with Gasteiger partial charge in [0.2, 0.25) is 0 Å². The minimum atomic E-state index is -3.85. The summed E-state index contributed by atoms with van der Waals surface area (Å²) in [4.78, 5) is 11.7. The third-order valence-corrected chi connectivity index (χ3v) is 3.88. The number of hydrogen-bond acceptors (Lipinski definition) is 3. The molecule has 0 atom stereocenters. The van der Waals surface area contributed by atoms with Gasteiger partial charge in [0.1, 0.15) is 0 Å². The number of carbonyl (C=O) groups is 1. The minimum Gasteiger partial charge on any atom is -0.352 e. The zero-order chi connectivity index (χ0) is 13.9. The Morgan fingerprint density at radius 3 is 2.50 bits per heavy atom. The molecule has 100 valence electrons. The number of rotatable bonds is 4. The van der Waals surface area contributed by atoms with Crippen LogP contribution in [0.1, 0.15) is 24.2 Å². The molecule has 0 aliphatic heterocycles. The quantitative estimate of drug-likeness (QED) is 0.846. The van der Waals surface area contributed by atoms with Gasteiger partial charge in [-0.3, -0.25) is 4.79 Å². The summed E-state index contributed by atoms with van der Waals surface area (Å²) in [7, 11) is 1.40. The van der Waals surface area contributed by atoms with Crippen molar-refractivity contribution in [3.8, 4) is 0 Å². The highest BCUT2D eigenvalue weighted by atomic mass is 79.9. The van der Waals surface area contributed by atoms with Crippen molar-refractivity contribution in [1.29, 1.82) is 0 Å². The second-order valence-electron chi connectivity index (χ2n) is 4.22. The Balaban J connectivity index is 3.03.